The largest absolute Gasteiger partial charge is 0.484 e. The number of para-hydroxylation sites is 1. The van der Waals surface area contributed by atoms with Crippen LogP contribution in [0.3, 0.4) is 0 Å². The van der Waals surface area contributed by atoms with Gasteiger partial charge in [0.15, 0.2) is 6.61 Å². The van der Waals surface area contributed by atoms with E-state index in [-0.39, 0.29) is 12.5 Å². The summed E-state index contributed by atoms with van der Waals surface area (Å²) < 4.78 is 5.51. The van der Waals surface area contributed by atoms with Gasteiger partial charge in [-0.3, -0.25) is 4.79 Å². The fourth-order valence-electron chi connectivity index (χ4n) is 2.38. The Kier molecular flexibility index (Phi) is 6.25. The highest BCUT2D eigenvalue weighted by molar-refractivity contribution is 7.99. The topological polar surface area (TPSA) is 38.3 Å². The van der Waals surface area contributed by atoms with Crippen molar-refractivity contribution in [2.24, 2.45) is 0 Å². The van der Waals surface area contributed by atoms with E-state index in [1.165, 1.54) is 25.7 Å². The molecule has 1 saturated carbocycles. The maximum atomic E-state index is 11.7. The number of hydrogen-bond donors (Lipinski definition) is 1. The van der Waals surface area contributed by atoms with E-state index in [0.717, 1.165) is 28.9 Å². The second kappa shape index (κ2) is 8.20. The van der Waals surface area contributed by atoms with Gasteiger partial charge in [0.25, 0.3) is 5.91 Å². The van der Waals surface area contributed by atoms with Gasteiger partial charge < -0.3 is 10.1 Å². The SMILES string of the molecule is Cc1ccccc1OCC(=O)NCCSC1CCCC1. The van der Waals surface area contributed by atoms with Crippen molar-refractivity contribution in [1.29, 1.82) is 0 Å². The summed E-state index contributed by atoms with van der Waals surface area (Å²) in [6.07, 6.45) is 5.42. The number of benzene rings is 1. The standard InChI is InChI=1S/C16H23NO2S/c1-13-6-2-5-9-15(13)19-12-16(18)17-10-11-20-14-7-3-4-8-14/h2,5-6,9,14H,3-4,7-8,10-12H2,1H3,(H,17,18). The first-order valence-corrected chi connectivity index (χ1v) is 8.37. The number of thioether (sulfide) groups is 1. The Balaban J connectivity index is 1.57. The third kappa shape index (κ3) is 5.08. The molecule has 1 fully saturated rings. The first kappa shape index (κ1) is 15.2. The zero-order valence-corrected chi connectivity index (χ0v) is 12.9. The van der Waals surface area contributed by atoms with E-state index in [4.69, 9.17) is 4.74 Å². The molecule has 0 aromatic heterocycles. The van der Waals surface area contributed by atoms with E-state index in [9.17, 15) is 4.79 Å². The van der Waals surface area contributed by atoms with E-state index in [1.54, 1.807) is 0 Å². The molecule has 20 heavy (non-hydrogen) atoms. The summed E-state index contributed by atoms with van der Waals surface area (Å²) in [6, 6.07) is 7.74. The fraction of sp³-hybridized carbons (Fsp3) is 0.562. The van der Waals surface area contributed by atoms with Crippen LogP contribution in [0, 0.1) is 6.92 Å². The van der Waals surface area contributed by atoms with Crippen molar-refractivity contribution < 1.29 is 9.53 Å². The van der Waals surface area contributed by atoms with Gasteiger partial charge in [-0.05, 0) is 31.4 Å². The fourth-order valence-corrected chi connectivity index (χ4v) is 3.60. The maximum Gasteiger partial charge on any atom is 0.257 e. The molecule has 3 nitrogen and oxygen atoms in total. The average Bonchev–Trinajstić information content (AvgIpc) is 2.96. The van der Waals surface area contributed by atoms with Crippen molar-refractivity contribution in [1.82, 2.24) is 5.32 Å². The zero-order chi connectivity index (χ0) is 14.2. The smallest absolute Gasteiger partial charge is 0.257 e. The lowest BCUT2D eigenvalue weighted by atomic mass is 10.2. The maximum absolute atomic E-state index is 11.7. The molecule has 1 aromatic carbocycles. The van der Waals surface area contributed by atoms with Gasteiger partial charge in [-0.2, -0.15) is 11.8 Å². The predicted octanol–water partition coefficient (Wildman–Crippen LogP) is 3.17. The summed E-state index contributed by atoms with van der Waals surface area (Å²) in [5, 5.41) is 3.73. The van der Waals surface area contributed by atoms with Crippen LogP contribution in [0.25, 0.3) is 0 Å². The van der Waals surface area contributed by atoms with Gasteiger partial charge >= 0.3 is 0 Å². The van der Waals surface area contributed by atoms with Gasteiger partial charge in [0.2, 0.25) is 0 Å². The summed E-state index contributed by atoms with van der Waals surface area (Å²) in [7, 11) is 0. The second-order valence-electron chi connectivity index (χ2n) is 5.18. The Hall–Kier alpha value is -1.16. The van der Waals surface area contributed by atoms with Gasteiger partial charge in [0.05, 0.1) is 0 Å². The summed E-state index contributed by atoms with van der Waals surface area (Å²) >= 11 is 1.99. The molecule has 1 aromatic rings. The first-order chi connectivity index (χ1) is 9.75. The number of hydrogen-bond acceptors (Lipinski definition) is 3. The lowest BCUT2D eigenvalue weighted by Gasteiger charge is -2.11. The van der Waals surface area contributed by atoms with Crippen LogP contribution in [-0.2, 0) is 4.79 Å². The second-order valence-corrected chi connectivity index (χ2v) is 6.59. The number of carbonyl (C=O) groups is 1. The van der Waals surface area contributed by atoms with Crippen molar-refractivity contribution >= 4 is 17.7 Å². The zero-order valence-electron chi connectivity index (χ0n) is 12.1. The van der Waals surface area contributed by atoms with Crippen LogP contribution in [0.5, 0.6) is 5.75 Å². The molecule has 2 rings (SSSR count). The molecular formula is C16H23NO2S. The van der Waals surface area contributed by atoms with Crippen LogP contribution >= 0.6 is 11.8 Å². The van der Waals surface area contributed by atoms with Crippen molar-refractivity contribution in [3.63, 3.8) is 0 Å². The molecule has 110 valence electrons. The highest BCUT2D eigenvalue weighted by Gasteiger charge is 2.14. The lowest BCUT2D eigenvalue weighted by molar-refractivity contribution is -0.122. The Bertz CT molecular complexity index is 430. The molecule has 4 heteroatoms. The quantitative estimate of drug-likeness (QED) is 0.785. The first-order valence-electron chi connectivity index (χ1n) is 7.32. The molecule has 0 radical (unpaired) electrons. The third-order valence-electron chi connectivity index (χ3n) is 3.53. The minimum atomic E-state index is -0.0414. The highest BCUT2D eigenvalue weighted by Crippen LogP contribution is 2.28. The number of amides is 1. The van der Waals surface area contributed by atoms with E-state index in [0.29, 0.717) is 0 Å². The molecular weight excluding hydrogens is 270 g/mol. The Morgan fingerprint density at radius 2 is 2.10 bits per heavy atom. The van der Waals surface area contributed by atoms with Crippen molar-refractivity contribution in [2.45, 2.75) is 37.9 Å². The summed E-state index contributed by atoms with van der Waals surface area (Å²) in [5.74, 6) is 1.74. The molecule has 0 atom stereocenters. The molecule has 0 saturated heterocycles. The molecule has 1 aliphatic rings. The predicted molar refractivity (Wildman–Crippen MR) is 84.4 cm³/mol. The molecule has 0 spiro atoms. The third-order valence-corrected chi connectivity index (χ3v) is 4.91. The van der Waals surface area contributed by atoms with Gasteiger partial charge in [-0.1, -0.05) is 31.0 Å². The van der Waals surface area contributed by atoms with E-state index < -0.39 is 0 Å². The molecule has 0 bridgehead atoms. The lowest BCUT2D eigenvalue weighted by Crippen LogP contribution is -2.31. The van der Waals surface area contributed by atoms with E-state index >= 15 is 0 Å². The number of rotatable bonds is 7. The number of ether oxygens (including phenoxy) is 1. The summed E-state index contributed by atoms with van der Waals surface area (Å²) in [5.41, 5.74) is 1.05. The number of aryl methyl sites for hydroxylation is 1. The van der Waals surface area contributed by atoms with Gasteiger partial charge in [-0.25, -0.2) is 0 Å². The van der Waals surface area contributed by atoms with Crippen LogP contribution in [0.1, 0.15) is 31.2 Å². The minimum Gasteiger partial charge on any atom is -0.484 e. The Labute approximate surface area is 125 Å². The van der Waals surface area contributed by atoms with Crippen LogP contribution in [0.15, 0.2) is 24.3 Å². The highest BCUT2D eigenvalue weighted by atomic mass is 32.2. The molecule has 1 amide bonds. The average molecular weight is 293 g/mol. The summed E-state index contributed by atoms with van der Waals surface area (Å²) in [6.45, 7) is 2.81. The molecule has 1 N–H and O–H groups in total. The van der Waals surface area contributed by atoms with Crippen molar-refractivity contribution in [3.8, 4) is 5.75 Å². The van der Waals surface area contributed by atoms with Crippen LogP contribution in [0.2, 0.25) is 0 Å². The Morgan fingerprint density at radius 3 is 2.85 bits per heavy atom. The molecule has 0 aliphatic heterocycles. The van der Waals surface area contributed by atoms with E-state index in [2.05, 4.69) is 5.32 Å². The van der Waals surface area contributed by atoms with Gasteiger partial charge in [0, 0.05) is 17.5 Å². The van der Waals surface area contributed by atoms with Crippen molar-refractivity contribution in [3.05, 3.63) is 29.8 Å². The van der Waals surface area contributed by atoms with E-state index in [1.807, 2.05) is 43.0 Å². The molecule has 0 heterocycles. The van der Waals surface area contributed by atoms with Crippen molar-refractivity contribution in [2.75, 3.05) is 18.9 Å². The summed E-state index contributed by atoms with van der Waals surface area (Å²) in [4.78, 5) is 11.7. The van der Waals surface area contributed by atoms with Crippen LogP contribution in [0.4, 0.5) is 0 Å². The normalized spacial score (nSPS) is 15.2. The van der Waals surface area contributed by atoms with Crippen LogP contribution in [-0.4, -0.2) is 30.1 Å². The minimum absolute atomic E-state index is 0.0414. The van der Waals surface area contributed by atoms with Crippen LogP contribution < -0.4 is 10.1 Å². The molecule has 0 unspecified atom stereocenters. The Morgan fingerprint density at radius 1 is 1.35 bits per heavy atom. The van der Waals surface area contributed by atoms with Gasteiger partial charge in [-0.15, -0.1) is 0 Å². The molecule has 1 aliphatic carbocycles. The number of nitrogens with one attached hydrogen (secondary N) is 1. The van der Waals surface area contributed by atoms with Gasteiger partial charge in [0.1, 0.15) is 5.75 Å². The monoisotopic (exact) mass is 293 g/mol. The number of carbonyl (C=O) groups excluding carboxylic acids is 1.